The number of hydrogen-bond donors (Lipinski definition) is 0. The first-order valence-corrected chi connectivity index (χ1v) is 3.00. The Morgan fingerprint density at radius 2 is 2.10 bits per heavy atom. The van der Waals surface area contributed by atoms with Gasteiger partial charge in [-0.25, -0.2) is 0 Å². The Morgan fingerprint density at radius 1 is 1.40 bits per heavy atom. The predicted octanol–water partition coefficient (Wildman–Crippen LogP) is 2.21. The summed E-state index contributed by atoms with van der Waals surface area (Å²) in [6.07, 6.45) is 4.54. The molecular formula is C8H12O2. The van der Waals surface area contributed by atoms with Crippen molar-refractivity contribution in [1.82, 2.24) is 0 Å². The molecule has 56 valence electrons. The predicted molar refractivity (Wildman–Crippen MR) is 41.2 cm³/mol. The summed E-state index contributed by atoms with van der Waals surface area (Å²) in [5.74, 6) is 0.731. The average molecular weight is 140 g/mol. The lowest BCUT2D eigenvalue weighted by molar-refractivity contribution is 0.211. The molecule has 2 nitrogen and oxygen atoms in total. The summed E-state index contributed by atoms with van der Waals surface area (Å²) in [6.45, 7) is 9.08. The maximum atomic E-state index is 4.95. The van der Waals surface area contributed by atoms with Gasteiger partial charge < -0.3 is 9.47 Å². The molecule has 0 aliphatic heterocycles. The molecule has 0 amide bonds. The van der Waals surface area contributed by atoms with E-state index in [1.165, 1.54) is 12.5 Å². The van der Waals surface area contributed by atoms with Crippen LogP contribution in [-0.4, -0.2) is 6.61 Å². The molecule has 0 heterocycles. The highest BCUT2D eigenvalue weighted by molar-refractivity contribution is 4.92. The van der Waals surface area contributed by atoms with Gasteiger partial charge in [0.25, 0.3) is 0 Å². The van der Waals surface area contributed by atoms with Crippen LogP contribution in [0, 0.1) is 0 Å². The molecule has 2 heteroatoms. The van der Waals surface area contributed by atoms with Crippen LogP contribution in [0.5, 0.6) is 0 Å². The lowest BCUT2D eigenvalue weighted by Crippen LogP contribution is -1.93. The van der Waals surface area contributed by atoms with E-state index in [4.69, 9.17) is 9.47 Å². The van der Waals surface area contributed by atoms with E-state index in [1.54, 1.807) is 0 Å². The highest BCUT2D eigenvalue weighted by Crippen LogP contribution is 1.97. The van der Waals surface area contributed by atoms with E-state index in [0.717, 1.165) is 5.76 Å². The van der Waals surface area contributed by atoms with E-state index < -0.39 is 0 Å². The molecule has 0 spiro atoms. The Labute approximate surface area is 61.5 Å². The molecule has 0 unspecified atom stereocenters. The van der Waals surface area contributed by atoms with Crippen LogP contribution in [0.1, 0.15) is 6.92 Å². The normalized spacial score (nSPS) is 10.3. The molecule has 0 aliphatic carbocycles. The maximum absolute atomic E-state index is 4.95. The first-order valence-electron chi connectivity index (χ1n) is 3.00. The van der Waals surface area contributed by atoms with Crippen LogP contribution in [0.25, 0.3) is 0 Å². The van der Waals surface area contributed by atoms with Gasteiger partial charge in [0.15, 0.2) is 0 Å². The molecule has 0 aromatic heterocycles. The quantitative estimate of drug-likeness (QED) is 0.545. The molecule has 10 heavy (non-hydrogen) atoms. The molecule has 0 aliphatic rings. The second kappa shape index (κ2) is 5.95. The van der Waals surface area contributed by atoms with Crippen molar-refractivity contribution in [2.45, 2.75) is 6.92 Å². The van der Waals surface area contributed by atoms with Crippen molar-refractivity contribution in [3.05, 3.63) is 37.5 Å². The third-order valence-corrected chi connectivity index (χ3v) is 0.900. The Kier molecular flexibility index (Phi) is 5.25. The van der Waals surface area contributed by atoms with Crippen LogP contribution >= 0.6 is 0 Å². The van der Waals surface area contributed by atoms with Crippen LogP contribution < -0.4 is 0 Å². The molecule has 0 bridgehead atoms. The van der Waals surface area contributed by atoms with E-state index in [2.05, 4.69) is 13.2 Å². The van der Waals surface area contributed by atoms with Gasteiger partial charge in [-0.2, -0.15) is 0 Å². The van der Waals surface area contributed by atoms with Gasteiger partial charge in [0.2, 0.25) is 0 Å². The van der Waals surface area contributed by atoms with Gasteiger partial charge in [-0.15, -0.1) is 0 Å². The van der Waals surface area contributed by atoms with E-state index in [0.29, 0.717) is 6.61 Å². The van der Waals surface area contributed by atoms with Crippen LogP contribution in [-0.2, 0) is 9.47 Å². The zero-order valence-corrected chi connectivity index (χ0v) is 6.17. The topological polar surface area (TPSA) is 18.5 Å². The molecule has 0 aromatic carbocycles. The summed E-state index contributed by atoms with van der Waals surface area (Å²) >= 11 is 0. The fraction of sp³-hybridized carbons (Fsp3) is 0.250. The summed E-state index contributed by atoms with van der Waals surface area (Å²) in [5.41, 5.74) is 0. The highest BCUT2D eigenvalue weighted by atomic mass is 16.5. The molecule has 0 saturated heterocycles. The first-order chi connectivity index (χ1) is 4.85. The molecule has 0 N–H and O–H groups in total. The number of hydrogen-bond acceptors (Lipinski definition) is 2. The van der Waals surface area contributed by atoms with E-state index in [9.17, 15) is 0 Å². The van der Waals surface area contributed by atoms with E-state index in [1.807, 2.05) is 13.0 Å². The second-order valence-corrected chi connectivity index (χ2v) is 1.52. The summed E-state index contributed by atoms with van der Waals surface area (Å²) in [4.78, 5) is 0. The Bertz CT molecular complexity index is 136. The minimum absolute atomic E-state index is 0.409. The van der Waals surface area contributed by atoms with E-state index >= 15 is 0 Å². The SMILES string of the molecule is C=COCC(=CC)OC=C. The summed E-state index contributed by atoms with van der Waals surface area (Å²) in [7, 11) is 0. The first kappa shape index (κ1) is 8.82. The summed E-state index contributed by atoms with van der Waals surface area (Å²) in [6, 6.07) is 0. The van der Waals surface area contributed by atoms with Gasteiger partial charge in [0.05, 0.1) is 12.5 Å². The highest BCUT2D eigenvalue weighted by Gasteiger charge is 1.91. The minimum Gasteiger partial charge on any atom is -0.494 e. The third-order valence-electron chi connectivity index (χ3n) is 0.900. The van der Waals surface area contributed by atoms with Crippen molar-refractivity contribution in [3.63, 3.8) is 0 Å². The number of rotatable bonds is 5. The Hall–Kier alpha value is -1.18. The fourth-order valence-electron chi connectivity index (χ4n) is 0.433. The fourth-order valence-corrected chi connectivity index (χ4v) is 0.433. The van der Waals surface area contributed by atoms with Crippen LogP contribution in [0.3, 0.4) is 0 Å². The molecule has 0 radical (unpaired) electrons. The van der Waals surface area contributed by atoms with Gasteiger partial charge in [-0.3, -0.25) is 0 Å². The minimum atomic E-state index is 0.409. The molecule has 0 rings (SSSR count). The largest absolute Gasteiger partial charge is 0.494 e. The molecule has 0 fully saturated rings. The summed E-state index contributed by atoms with van der Waals surface area (Å²) in [5, 5.41) is 0. The van der Waals surface area contributed by atoms with Crippen molar-refractivity contribution in [2.24, 2.45) is 0 Å². The third kappa shape index (κ3) is 3.78. The Balaban J connectivity index is 3.60. The number of allylic oxidation sites excluding steroid dienone is 1. The van der Waals surface area contributed by atoms with Crippen molar-refractivity contribution in [3.8, 4) is 0 Å². The van der Waals surface area contributed by atoms with Gasteiger partial charge in [-0.1, -0.05) is 13.2 Å². The van der Waals surface area contributed by atoms with Gasteiger partial charge in [0, 0.05) is 0 Å². The van der Waals surface area contributed by atoms with E-state index in [-0.39, 0.29) is 0 Å². The monoisotopic (exact) mass is 140 g/mol. The van der Waals surface area contributed by atoms with Gasteiger partial charge in [0.1, 0.15) is 12.4 Å². The van der Waals surface area contributed by atoms with Crippen molar-refractivity contribution in [1.29, 1.82) is 0 Å². The average Bonchev–Trinajstić information content (AvgIpc) is 1.98. The molecule has 0 atom stereocenters. The van der Waals surface area contributed by atoms with Crippen molar-refractivity contribution < 1.29 is 9.47 Å². The molecule has 0 saturated carbocycles. The van der Waals surface area contributed by atoms with Gasteiger partial charge in [-0.05, 0) is 13.0 Å². The van der Waals surface area contributed by atoms with Crippen LogP contribution in [0.2, 0.25) is 0 Å². The van der Waals surface area contributed by atoms with Crippen molar-refractivity contribution >= 4 is 0 Å². The smallest absolute Gasteiger partial charge is 0.145 e. The van der Waals surface area contributed by atoms with Crippen molar-refractivity contribution in [2.75, 3.05) is 6.61 Å². The molecular weight excluding hydrogens is 128 g/mol. The van der Waals surface area contributed by atoms with Crippen LogP contribution in [0.15, 0.2) is 37.5 Å². The standard InChI is InChI=1S/C8H12O2/c1-4-8(10-6-3)7-9-5-2/h4-6H,2-3,7H2,1H3. The number of ether oxygens (including phenoxy) is 2. The second-order valence-electron chi connectivity index (χ2n) is 1.52. The summed E-state index contributed by atoms with van der Waals surface area (Å²) < 4.78 is 9.81. The maximum Gasteiger partial charge on any atom is 0.145 e. The lowest BCUT2D eigenvalue weighted by Gasteiger charge is -2.03. The molecule has 0 aromatic rings. The zero-order valence-electron chi connectivity index (χ0n) is 6.17. The lowest BCUT2D eigenvalue weighted by atomic mass is 10.5. The van der Waals surface area contributed by atoms with Crippen LogP contribution in [0.4, 0.5) is 0 Å². The Morgan fingerprint density at radius 3 is 2.50 bits per heavy atom. The van der Waals surface area contributed by atoms with Gasteiger partial charge >= 0.3 is 0 Å². The zero-order chi connectivity index (χ0) is 7.82.